The lowest BCUT2D eigenvalue weighted by molar-refractivity contribution is 0.806. The summed E-state index contributed by atoms with van der Waals surface area (Å²) in [5.74, 6) is 0.596. The topological polar surface area (TPSA) is 72.5 Å². The van der Waals surface area contributed by atoms with Crippen LogP contribution in [0, 0.1) is 6.92 Å². The van der Waals surface area contributed by atoms with Crippen LogP contribution in [0.1, 0.15) is 24.6 Å². The maximum Gasteiger partial charge on any atom is 0.186 e. The maximum atomic E-state index is 5.97. The third kappa shape index (κ3) is 1.78. The van der Waals surface area contributed by atoms with Crippen molar-refractivity contribution in [3.63, 3.8) is 0 Å². The number of rotatable bonds is 3. The molecule has 2 heterocycles. The lowest BCUT2D eigenvalue weighted by atomic mass is 10.2. The molecule has 0 amide bonds. The summed E-state index contributed by atoms with van der Waals surface area (Å²) in [7, 11) is 0. The summed E-state index contributed by atoms with van der Waals surface area (Å²) in [4.78, 5) is 0. The van der Waals surface area contributed by atoms with E-state index in [-0.39, 0.29) is 0 Å². The lowest BCUT2D eigenvalue weighted by Gasteiger charge is -2.05. The first-order valence-corrected chi connectivity index (χ1v) is 6.49. The molecule has 0 aliphatic heterocycles. The standard InChI is InChI=1S/C14H17N5/c1-3-6-10-12-13(15)16-17-14(12)19(18-10)11-8-5-4-7-9(11)2/h4-5,7-8H,3,6H2,1-2H3,(H3,15,16,17). The van der Waals surface area contributed by atoms with Crippen molar-refractivity contribution in [3.8, 4) is 5.69 Å². The summed E-state index contributed by atoms with van der Waals surface area (Å²) in [6.45, 7) is 4.20. The van der Waals surface area contributed by atoms with Gasteiger partial charge in [0.1, 0.15) is 5.82 Å². The van der Waals surface area contributed by atoms with Gasteiger partial charge >= 0.3 is 0 Å². The normalized spacial score (nSPS) is 11.3. The molecule has 0 saturated carbocycles. The molecule has 0 fully saturated rings. The first kappa shape index (κ1) is 11.8. The van der Waals surface area contributed by atoms with Crippen LogP contribution in [-0.4, -0.2) is 20.0 Å². The van der Waals surface area contributed by atoms with E-state index in [1.165, 1.54) is 0 Å². The van der Waals surface area contributed by atoms with Crippen molar-refractivity contribution in [3.05, 3.63) is 35.5 Å². The highest BCUT2D eigenvalue weighted by Gasteiger charge is 2.17. The maximum absolute atomic E-state index is 5.97. The van der Waals surface area contributed by atoms with E-state index in [1.54, 1.807) is 0 Å². The van der Waals surface area contributed by atoms with Gasteiger partial charge in [0.2, 0.25) is 0 Å². The molecule has 98 valence electrons. The van der Waals surface area contributed by atoms with Gasteiger partial charge in [0.15, 0.2) is 5.65 Å². The molecule has 19 heavy (non-hydrogen) atoms. The number of nitrogens with zero attached hydrogens (tertiary/aromatic N) is 3. The second-order valence-electron chi connectivity index (χ2n) is 4.73. The minimum absolute atomic E-state index is 0.596. The third-order valence-electron chi connectivity index (χ3n) is 3.32. The van der Waals surface area contributed by atoms with Crippen LogP contribution in [0.25, 0.3) is 16.7 Å². The number of nitrogens with two attached hydrogens (primary N) is 1. The van der Waals surface area contributed by atoms with Crippen LogP contribution in [0.5, 0.6) is 0 Å². The van der Waals surface area contributed by atoms with Crippen molar-refractivity contribution in [2.45, 2.75) is 26.7 Å². The molecule has 0 unspecified atom stereocenters. The third-order valence-corrected chi connectivity index (χ3v) is 3.32. The Balaban J connectivity index is 2.28. The van der Waals surface area contributed by atoms with E-state index in [9.17, 15) is 0 Å². The average molecular weight is 255 g/mol. The fourth-order valence-corrected chi connectivity index (χ4v) is 2.38. The Morgan fingerprint density at radius 3 is 2.84 bits per heavy atom. The molecule has 5 nitrogen and oxygen atoms in total. The van der Waals surface area contributed by atoms with Gasteiger partial charge in [-0.3, -0.25) is 5.10 Å². The molecule has 0 aliphatic carbocycles. The van der Waals surface area contributed by atoms with E-state index in [0.29, 0.717) is 5.82 Å². The van der Waals surface area contributed by atoms with Gasteiger partial charge in [-0.15, -0.1) is 0 Å². The summed E-state index contributed by atoms with van der Waals surface area (Å²) in [5.41, 5.74) is 9.98. The monoisotopic (exact) mass is 255 g/mol. The molecule has 0 saturated heterocycles. The number of hydrogen-bond donors (Lipinski definition) is 2. The predicted octanol–water partition coefficient (Wildman–Crippen LogP) is 2.59. The van der Waals surface area contributed by atoms with Crippen LogP contribution in [0.3, 0.4) is 0 Å². The summed E-state index contributed by atoms with van der Waals surface area (Å²) < 4.78 is 1.88. The van der Waals surface area contributed by atoms with E-state index < -0.39 is 0 Å². The number of H-pyrrole nitrogens is 1. The van der Waals surface area contributed by atoms with Gasteiger partial charge in [0.25, 0.3) is 0 Å². The van der Waals surface area contributed by atoms with E-state index in [4.69, 9.17) is 5.73 Å². The highest BCUT2D eigenvalue weighted by molar-refractivity contribution is 5.90. The molecule has 0 bridgehead atoms. The van der Waals surface area contributed by atoms with Crippen molar-refractivity contribution >= 4 is 16.9 Å². The second kappa shape index (κ2) is 4.42. The van der Waals surface area contributed by atoms with Crippen molar-refractivity contribution in [2.24, 2.45) is 0 Å². The van der Waals surface area contributed by atoms with E-state index in [1.807, 2.05) is 22.9 Å². The number of hydrogen-bond acceptors (Lipinski definition) is 3. The highest BCUT2D eigenvalue weighted by atomic mass is 15.4. The van der Waals surface area contributed by atoms with Crippen molar-refractivity contribution < 1.29 is 0 Å². The zero-order chi connectivity index (χ0) is 13.4. The summed E-state index contributed by atoms with van der Waals surface area (Å²) in [6.07, 6.45) is 1.93. The molecule has 0 atom stereocenters. The molecule has 1 aromatic carbocycles. The second-order valence-corrected chi connectivity index (χ2v) is 4.73. The smallest absolute Gasteiger partial charge is 0.186 e. The Hall–Kier alpha value is -2.30. The number of nitrogen functional groups attached to an aromatic ring is 1. The first-order chi connectivity index (χ1) is 9.22. The van der Waals surface area contributed by atoms with Gasteiger partial charge in [-0.25, -0.2) is 4.68 Å². The molecule has 0 radical (unpaired) electrons. The van der Waals surface area contributed by atoms with Gasteiger partial charge in [-0.05, 0) is 25.0 Å². The Bertz CT molecular complexity index is 723. The Labute approximate surface area is 111 Å². The van der Waals surface area contributed by atoms with Crippen LogP contribution in [0.2, 0.25) is 0 Å². The molecule has 0 aliphatic rings. The first-order valence-electron chi connectivity index (χ1n) is 6.49. The zero-order valence-electron chi connectivity index (χ0n) is 11.1. The van der Waals surface area contributed by atoms with Crippen LogP contribution in [0.4, 0.5) is 5.82 Å². The van der Waals surface area contributed by atoms with Crippen molar-refractivity contribution in [2.75, 3.05) is 5.73 Å². The largest absolute Gasteiger partial charge is 0.383 e. The quantitative estimate of drug-likeness (QED) is 0.755. The van der Waals surface area contributed by atoms with Gasteiger partial charge in [-0.2, -0.15) is 10.2 Å². The predicted molar refractivity (Wildman–Crippen MR) is 76.4 cm³/mol. The van der Waals surface area contributed by atoms with Crippen LogP contribution in [0.15, 0.2) is 24.3 Å². The van der Waals surface area contributed by atoms with Gasteiger partial charge in [0.05, 0.1) is 16.8 Å². The summed E-state index contributed by atoms with van der Waals surface area (Å²) in [6, 6.07) is 8.14. The van der Waals surface area contributed by atoms with E-state index in [2.05, 4.69) is 35.2 Å². The number of fused-ring (bicyclic) bond motifs is 1. The molecule has 3 N–H and O–H groups in total. The van der Waals surface area contributed by atoms with Crippen LogP contribution < -0.4 is 5.73 Å². The van der Waals surface area contributed by atoms with Crippen molar-refractivity contribution in [1.82, 2.24) is 20.0 Å². The minimum Gasteiger partial charge on any atom is -0.383 e. The highest BCUT2D eigenvalue weighted by Crippen LogP contribution is 2.26. The van der Waals surface area contributed by atoms with E-state index >= 15 is 0 Å². The van der Waals surface area contributed by atoms with Crippen molar-refractivity contribution in [1.29, 1.82) is 0 Å². The van der Waals surface area contributed by atoms with Crippen LogP contribution in [-0.2, 0) is 6.42 Å². The molecule has 2 aromatic heterocycles. The average Bonchev–Trinajstić information content (AvgIpc) is 2.93. The number of anilines is 1. The number of para-hydroxylation sites is 1. The molecule has 3 rings (SSSR count). The fraction of sp³-hybridized carbons (Fsp3) is 0.286. The van der Waals surface area contributed by atoms with Crippen LogP contribution >= 0.6 is 0 Å². The Morgan fingerprint density at radius 1 is 1.32 bits per heavy atom. The molecule has 5 heteroatoms. The molecular weight excluding hydrogens is 238 g/mol. The number of aryl methyl sites for hydroxylation is 2. The summed E-state index contributed by atoms with van der Waals surface area (Å²) in [5, 5.41) is 12.8. The van der Waals surface area contributed by atoms with E-state index in [0.717, 1.165) is 40.8 Å². The van der Waals surface area contributed by atoms with Gasteiger partial charge < -0.3 is 5.73 Å². The molecule has 3 aromatic rings. The number of aromatic nitrogens is 4. The van der Waals surface area contributed by atoms with Gasteiger partial charge in [0, 0.05) is 0 Å². The van der Waals surface area contributed by atoms with Gasteiger partial charge in [-0.1, -0.05) is 31.5 Å². The molecular formula is C14H17N5. The Morgan fingerprint density at radius 2 is 2.11 bits per heavy atom. The molecule has 0 spiro atoms. The Kier molecular flexibility index (Phi) is 2.74. The number of nitrogens with one attached hydrogen (secondary N) is 1. The summed E-state index contributed by atoms with van der Waals surface area (Å²) >= 11 is 0. The SMILES string of the molecule is CCCc1nn(-c2ccccc2C)c2n[nH]c(N)c12. The minimum atomic E-state index is 0.596. The number of benzene rings is 1. The zero-order valence-corrected chi connectivity index (χ0v) is 11.1. The lowest BCUT2D eigenvalue weighted by Crippen LogP contribution is -2.00. The fourth-order valence-electron chi connectivity index (χ4n) is 2.38. The number of aromatic amines is 1.